The molecule has 1 aliphatic rings. The van der Waals surface area contributed by atoms with E-state index in [0.717, 1.165) is 24.8 Å². The highest BCUT2D eigenvalue weighted by atomic mass is 32.2. The lowest BCUT2D eigenvalue weighted by Gasteiger charge is -2.30. The molecule has 42 heavy (non-hydrogen) atoms. The van der Waals surface area contributed by atoms with Crippen molar-refractivity contribution < 1.29 is 36.9 Å². The fraction of sp³-hybridized carbons (Fsp3) is 0.643. The normalized spacial score (nSPS) is 16.2. The van der Waals surface area contributed by atoms with Crippen molar-refractivity contribution in [3.8, 4) is 0 Å². The lowest BCUT2D eigenvalue weighted by atomic mass is 10.0. The topological polar surface area (TPSA) is 211 Å². The van der Waals surface area contributed by atoms with Crippen molar-refractivity contribution in [2.45, 2.75) is 95.7 Å². The Kier molecular flexibility index (Phi) is 16.1. The summed E-state index contributed by atoms with van der Waals surface area (Å²) in [6.45, 7) is 8.57. The third-order valence-corrected chi connectivity index (χ3v) is 7.56. The first kappa shape index (κ1) is 36.8. The van der Waals surface area contributed by atoms with Crippen LogP contribution < -0.4 is 22.1 Å². The molecule has 0 bridgehead atoms. The molecule has 0 radical (unpaired) electrons. The van der Waals surface area contributed by atoms with Crippen molar-refractivity contribution in [1.82, 2.24) is 15.5 Å². The van der Waals surface area contributed by atoms with E-state index >= 15 is 0 Å². The number of hydrogen-bond acceptors (Lipinski definition) is 8. The first-order chi connectivity index (χ1) is 19.7. The summed E-state index contributed by atoms with van der Waals surface area (Å²) in [6, 6.07) is 3.67. The first-order valence-corrected chi connectivity index (χ1v) is 15.7. The maximum absolute atomic E-state index is 13.2. The van der Waals surface area contributed by atoms with Gasteiger partial charge in [-0.2, -0.15) is 8.42 Å². The summed E-state index contributed by atoms with van der Waals surface area (Å²) in [5.41, 5.74) is 11.9. The monoisotopic (exact) mass is 613 g/mol. The minimum absolute atomic E-state index is 0.0666. The molecule has 1 saturated heterocycles. The zero-order valence-corrected chi connectivity index (χ0v) is 25.8. The summed E-state index contributed by atoms with van der Waals surface area (Å²) in [4.78, 5) is 51.2. The Morgan fingerprint density at radius 1 is 1.10 bits per heavy atom. The van der Waals surface area contributed by atoms with Crippen LogP contribution in [0.1, 0.15) is 71.3 Å². The van der Waals surface area contributed by atoms with Gasteiger partial charge < -0.3 is 31.7 Å². The molecule has 3 atom stereocenters. The van der Waals surface area contributed by atoms with Crippen LogP contribution in [0, 0.1) is 12.8 Å². The summed E-state index contributed by atoms with van der Waals surface area (Å²) >= 11 is 0. The molecule has 238 valence electrons. The van der Waals surface area contributed by atoms with E-state index < -0.39 is 46.2 Å². The predicted molar refractivity (Wildman–Crippen MR) is 158 cm³/mol. The highest BCUT2D eigenvalue weighted by Crippen LogP contribution is 2.20. The number of primary amides is 1. The van der Waals surface area contributed by atoms with Crippen LogP contribution in [0.3, 0.4) is 0 Å². The number of alkyl carbamates (subject to hydrolysis) is 1. The second-order valence-electron chi connectivity index (χ2n) is 10.6. The molecule has 13 nitrogen and oxygen atoms in total. The molecule has 0 saturated carbocycles. The fourth-order valence-electron chi connectivity index (χ4n) is 4.27. The molecule has 1 heterocycles. The Morgan fingerprint density at radius 2 is 1.74 bits per heavy atom. The molecule has 1 fully saturated rings. The fourth-order valence-corrected chi connectivity index (χ4v) is 4.75. The third kappa shape index (κ3) is 12.7. The molecule has 0 aromatic heterocycles. The van der Waals surface area contributed by atoms with E-state index in [0.29, 0.717) is 38.8 Å². The minimum atomic E-state index is -4.02. The Balaban J connectivity index is 0.000000666. The average molecular weight is 614 g/mol. The Labute approximate surface area is 248 Å². The maximum Gasteiger partial charge on any atom is 0.407 e. The number of ether oxygens (including phenoxy) is 1. The van der Waals surface area contributed by atoms with E-state index in [1.807, 2.05) is 13.8 Å². The Morgan fingerprint density at radius 3 is 2.26 bits per heavy atom. The van der Waals surface area contributed by atoms with Gasteiger partial charge >= 0.3 is 6.09 Å². The van der Waals surface area contributed by atoms with Crippen LogP contribution in [0.15, 0.2) is 29.2 Å². The average Bonchev–Trinajstić information content (AvgIpc) is 3.41. The van der Waals surface area contributed by atoms with Crippen molar-refractivity contribution in [3.63, 3.8) is 0 Å². The molecule has 14 heteroatoms. The molecule has 1 aliphatic heterocycles. The van der Waals surface area contributed by atoms with Gasteiger partial charge in [-0.25, -0.2) is 4.79 Å². The maximum atomic E-state index is 13.2. The zero-order chi connectivity index (χ0) is 31.9. The largest absolute Gasteiger partial charge is 0.450 e. The van der Waals surface area contributed by atoms with E-state index in [1.54, 1.807) is 26.0 Å². The van der Waals surface area contributed by atoms with Crippen molar-refractivity contribution in [2.24, 2.45) is 17.4 Å². The van der Waals surface area contributed by atoms with Gasteiger partial charge in [0.15, 0.2) is 0 Å². The summed E-state index contributed by atoms with van der Waals surface area (Å²) in [5.74, 6) is -1.53. The SMILES string of the molecule is CCCCOC(=O)N[C@@H](CCCCN)C(=O)N1CCC[C@H]1C(=O)N[C@H](C(N)=O)C(C)C.Cc1ccc(S(=O)(=O)O)cc1. The number of nitrogens with zero attached hydrogens (tertiary/aromatic N) is 1. The van der Waals surface area contributed by atoms with Crippen LogP contribution in [0.25, 0.3) is 0 Å². The van der Waals surface area contributed by atoms with E-state index in [1.165, 1.54) is 17.0 Å². The van der Waals surface area contributed by atoms with E-state index in [-0.39, 0.29) is 23.3 Å². The summed E-state index contributed by atoms with van der Waals surface area (Å²) in [7, 11) is -4.02. The van der Waals surface area contributed by atoms with Crippen LogP contribution in [0.2, 0.25) is 0 Å². The third-order valence-electron chi connectivity index (χ3n) is 6.70. The summed E-state index contributed by atoms with van der Waals surface area (Å²) in [5, 5.41) is 5.32. The number of nitrogens with two attached hydrogens (primary N) is 2. The molecule has 1 aromatic rings. The van der Waals surface area contributed by atoms with E-state index in [4.69, 9.17) is 20.8 Å². The number of hydrogen-bond donors (Lipinski definition) is 5. The van der Waals surface area contributed by atoms with Gasteiger partial charge in [0.25, 0.3) is 10.1 Å². The predicted octanol–water partition coefficient (Wildman–Crippen LogP) is 1.87. The molecule has 1 aromatic carbocycles. The number of aryl methyl sites for hydroxylation is 1. The second kappa shape index (κ2) is 18.3. The molecule has 7 N–H and O–H groups in total. The molecular weight excluding hydrogens is 566 g/mol. The zero-order valence-electron chi connectivity index (χ0n) is 25.0. The smallest absolute Gasteiger partial charge is 0.407 e. The highest BCUT2D eigenvalue weighted by Gasteiger charge is 2.39. The van der Waals surface area contributed by atoms with Crippen LogP contribution >= 0.6 is 0 Å². The highest BCUT2D eigenvalue weighted by molar-refractivity contribution is 7.85. The standard InChI is InChI=1S/C21H39N5O5.C7H8O3S/c1-4-5-13-31-21(30)24-15(9-6-7-11-22)20(29)26-12-8-10-16(26)19(28)25-17(14(2)3)18(23)27;1-6-2-4-7(5-3-6)11(8,9)10/h14-17H,4-13,22H2,1-3H3,(H2,23,27)(H,24,30)(H,25,28);2-5H,1H3,(H,8,9,10)/t15-,16-,17-;/m0./s1. The lowest BCUT2D eigenvalue weighted by molar-refractivity contribution is -0.141. The van der Waals surface area contributed by atoms with Gasteiger partial charge in [-0.3, -0.25) is 18.9 Å². The minimum Gasteiger partial charge on any atom is -0.450 e. The van der Waals surface area contributed by atoms with Gasteiger partial charge in [0.1, 0.15) is 18.1 Å². The summed E-state index contributed by atoms with van der Waals surface area (Å²) in [6.07, 6.45) is 3.90. The molecule has 0 unspecified atom stereocenters. The quantitative estimate of drug-likeness (QED) is 0.153. The van der Waals surface area contributed by atoms with Gasteiger partial charge in [0.05, 0.1) is 11.5 Å². The van der Waals surface area contributed by atoms with Crippen LogP contribution in [-0.4, -0.2) is 79.5 Å². The van der Waals surface area contributed by atoms with Gasteiger partial charge in [-0.05, 0) is 70.0 Å². The van der Waals surface area contributed by atoms with Crippen LogP contribution in [-0.2, 0) is 29.2 Å². The van der Waals surface area contributed by atoms with Gasteiger partial charge in [-0.1, -0.05) is 44.9 Å². The van der Waals surface area contributed by atoms with Gasteiger partial charge in [0, 0.05) is 6.54 Å². The van der Waals surface area contributed by atoms with Crippen molar-refractivity contribution in [3.05, 3.63) is 29.8 Å². The first-order valence-electron chi connectivity index (χ1n) is 14.3. The number of likely N-dealkylation sites (tertiary alicyclic amines) is 1. The number of benzene rings is 1. The molecule has 2 rings (SSSR count). The van der Waals surface area contributed by atoms with Crippen molar-refractivity contribution in [1.29, 1.82) is 0 Å². The van der Waals surface area contributed by atoms with Gasteiger partial charge in [-0.15, -0.1) is 0 Å². The molecule has 4 amide bonds. The van der Waals surface area contributed by atoms with Crippen molar-refractivity contribution in [2.75, 3.05) is 19.7 Å². The lowest BCUT2D eigenvalue weighted by Crippen LogP contribution is -2.56. The number of rotatable bonds is 14. The number of nitrogens with one attached hydrogen (secondary N) is 2. The molecular formula is C28H47N5O8S. The number of carbonyl (C=O) groups is 4. The van der Waals surface area contributed by atoms with E-state index in [2.05, 4.69) is 10.6 Å². The van der Waals surface area contributed by atoms with Crippen molar-refractivity contribution >= 4 is 33.9 Å². The Bertz CT molecular complexity index is 1130. The number of unbranched alkanes of at least 4 members (excludes halogenated alkanes) is 2. The Hall–Kier alpha value is -3.23. The number of amides is 4. The second-order valence-corrected chi connectivity index (χ2v) is 12.0. The number of carbonyl (C=O) groups excluding carboxylic acids is 4. The van der Waals surface area contributed by atoms with Crippen LogP contribution in [0.5, 0.6) is 0 Å². The molecule has 0 spiro atoms. The molecule has 0 aliphatic carbocycles. The van der Waals surface area contributed by atoms with Crippen LogP contribution in [0.4, 0.5) is 4.79 Å². The van der Waals surface area contributed by atoms with E-state index in [9.17, 15) is 27.6 Å². The summed E-state index contributed by atoms with van der Waals surface area (Å²) < 4.78 is 34.7. The van der Waals surface area contributed by atoms with Gasteiger partial charge in [0.2, 0.25) is 17.7 Å².